The van der Waals surface area contributed by atoms with E-state index in [1.165, 1.54) is 0 Å². The maximum Gasteiger partial charge on any atom is 0.148 e. The average Bonchev–Trinajstić information content (AvgIpc) is 2.40. The number of thiocarbonyl (C=S) groups is 1. The number of nitrogens with zero attached hydrogens (tertiary/aromatic N) is 1. The van der Waals surface area contributed by atoms with Gasteiger partial charge in [0.25, 0.3) is 0 Å². The molecule has 1 heterocycles. The molecule has 0 fully saturated rings. The zero-order chi connectivity index (χ0) is 14.7. The molecule has 0 saturated carbocycles. The topological polar surface area (TPSA) is 48.1 Å². The van der Waals surface area contributed by atoms with Gasteiger partial charge in [0.15, 0.2) is 0 Å². The van der Waals surface area contributed by atoms with Crippen molar-refractivity contribution in [3.8, 4) is 11.5 Å². The first-order chi connectivity index (χ1) is 9.51. The van der Waals surface area contributed by atoms with Gasteiger partial charge in [-0.25, -0.2) is 0 Å². The molecule has 1 aromatic heterocycles. The molecule has 104 valence electrons. The van der Waals surface area contributed by atoms with Gasteiger partial charge in [-0.05, 0) is 50.1 Å². The summed E-state index contributed by atoms with van der Waals surface area (Å²) < 4.78 is 6.00. The number of aromatic nitrogens is 1. The van der Waals surface area contributed by atoms with E-state index in [0.717, 1.165) is 34.7 Å². The van der Waals surface area contributed by atoms with E-state index in [4.69, 9.17) is 22.7 Å². The van der Waals surface area contributed by atoms with Crippen LogP contribution in [0.4, 0.5) is 0 Å². The highest BCUT2D eigenvalue weighted by molar-refractivity contribution is 7.80. The number of hydrogen-bond acceptors (Lipinski definition) is 3. The van der Waals surface area contributed by atoms with Crippen LogP contribution in [0.3, 0.4) is 0 Å². The predicted molar refractivity (Wildman–Crippen MR) is 85.5 cm³/mol. The van der Waals surface area contributed by atoms with E-state index >= 15 is 0 Å². The van der Waals surface area contributed by atoms with E-state index in [9.17, 15) is 0 Å². The van der Waals surface area contributed by atoms with Crippen LogP contribution in [0.25, 0.3) is 0 Å². The minimum absolute atomic E-state index is 0.332. The van der Waals surface area contributed by atoms with Crippen LogP contribution in [-0.4, -0.2) is 9.97 Å². The zero-order valence-electron chi connectivity index (χ0n) is 11.9. The Bertz CT molecular complexity index is 653. The highest BCUT2D eigenvalue weighted by Gasteiger charge is 2.11. The van der Waals surface area contributed by atoms with Gasteiger partial charge in [-0.2, -0.15) is 0 Å². The van der Waals surface area contributed by atoms with Crippen molar-refractivity contribution in [2.45, 2.75) is 27.2 Å². The molecular formula is C16H18N2OS. The molecule has 0 aliphatic carbocycles. The molecule has 2 N–H and O–H groups in total. The van der Waals surface area contributed by atoms with E-state index in [2.05, 4.69) is 11.9 Å². The third-order valence-electron chi connectivity index (χ3n) is 3.03. The second-order valence-corrected chi connectivity index (χ2v) is 5.16. The van der Waals surface area contributed by atoms with Crippen LogP contribution in [-0.2, 0) is 6.42 Å². The molecule has 0 aliphatic rings. The van der Waals surface area contributed by atoms with Gasteiger partial charge in [-0.15, -0.1) is 0 Å². The molecule has 0 saturated heterocycles. The summed E-state index contributed by atoms with van der Waals surface area (Å²) in [5.74, 6) is 1.43. The van der Waals surface area contributed by atoms with E-state index in [0.29, 0.717) is 10.7 Å². The number of benzene rings is 1. The smallest absolute Gasteiger partial charge is 0.148 e. The average molecular weight is 286 g/mol. The van der Waals surface area contributed by atoms with Crippen molar-refractivity contribution in [2.75, 3.05) is 0 Å². The van der Waals surface area contributed by atoms with E-state index in [1.807, 2.05) is 44.2 Å². The first-order valence-electron chi connectivity index (χ1n) is 6.56. The highest BCUT2D eigenvalue weighted by atomic mass is 32.1. The monoisotopic (exact) mass is 286 g/mol. The Morgan fingerprint density at radius 2 is 1.95 bits per heavy atom. The van der Waals surface area contributed by atoms with Gasteiger partial charge >= 0.3 is 0 Å². The lowest BCUT2D eigenvalue weighted by molar-refractivity contribution is 0.471. The summed E-state index contributed by atoms with van der Waals surface area (Å²) in [4.78, 5) is 4.83. The van der Waals surface area contributed by atoms with Gasteiger partial charge in [0, 0.05) is 5.69 Å². The standard InChI is InChI=1S/C16H18N2OS/c1-4-13-14(8-6-11(3)18-13)19-15-9-10(2)5-7-12(15)16(17)20/h5-9H,4H2,1-3H3,(H2,17,20). The number of hydrogen-bond donors (Lipinski definition) is 1. The summed E-state index contributed by atoms with van der Waals surface area (Å²) in [6, 6.07) is 9.67. The number of ether oxygens (including phenoxy) is 1. The second kappa shape index (κ2) is 6.01. The number of nitrogens with two attached hydrogens (primary N) is 1. The maximum atomic E-state index is 6.00. The lowest BCUT2D eigenvalue weighted by Gasteiger charge is -2.13. The fourth-order valence-corrected chi connectivity index (χ4v) is 2.15. The van der Waals surface area contributed by atoms with Crippen molar-refractivity contribution in [1.29, 1.82) is 0 Å². The SMILES string of the molecule is CCc1nc(C)ccc1Oc1cc(C)ccc1C(N)=S. The van der Waals surface area contributed by atoms with E-state index in [-0.39, 0.29) is 0 Å². The molecule has 0 amide bonds. The summed E-state index contributed by atoms with van der Waals surface area (Å²) >= 11 is 5.07. The summed E-state index contributed by atoms with van der Waals surface area (Å²) in [6.45, 7) is 6.03. The first kappa shape index (κ1) is 14.5. The van der Waals surface area contributed by atoms with Gasteiger partial charge < -0.3 is 10.5 Å². The van der Waals surface area contributed by atoms with Crippen molar-refractivity contribution in [3.63, 3.8) is 0 Å². The van der Waals surface area contributed by atoms with Crippen molar-refractivity contribution in [1.82, 2.24) is 4.98 Å². The lowest BCUT2D eigenvalue weighted by atomic mass is 10.1. The molecule has 0 radical (unpaired) electrons. The molecule has 0 bridgehead atoms. The Hall–Kier alpha value is -1.94. The number of aryl methyl sites for hydroxylation is 3. The molecule has 0 spiro atoms. The van der Waals surface area contributed by atoms with Gasteiger partial charge in [0.2, 0.25) is 0 Å². The number of rotatable bonds is 4. The van der Waals surface area contributed by atoms with Crippen LogP contribution in [0.1, 0.15) is 29.4 Å². The fourth-order valence-electron chi connectivity index (χ4n) is 1.98. The molecule has 3 nitrogen and oxygen atoms in total. The van der Waals surface area contributed by atoms with E-state index < -0.39 is 0 Å². The second-order valence-electron chi connectivity index (χ2n) is 4.72. The third-order valence-corrected chi connectivity index (χ3v) is 3.25. The Morgan fingerprint density at radius 3 is 2.60 bits per heavy atom. The molecule has 1 aromatic carbocycles. The van der Waals surface area contributed by atoms with Crippen molar-refractivity contribution in [2.24, 2.45) is 5.73 Å². The summed E-state index contributed by atoms with van der Waals surface area (Å²) in [5, 5.41) is 0. The zero-order valence-corrected chi connectivity index (χ0v) is 12.8. The van der Waals surface area contributed by atoms with Gasteiger partial charge in [0.1, 0.15) is 16.5 Å². The largest absolute Gasteiger partial charge is 0.455 e. The molecule has 0 atom stereocenters. The Kier molecular flexibility index (Phi) is 4.35. The molecule has 2 rings (SSSR count). The molecule has 0 unspecified atom stereocenters. The van der Waals surface area contributed by atoms with Crippen LogP contribution < -0.4 is 10.5 Å². The van der Waals surface area contributed by atoms with E-state index in [1.54, 1.807) is 0 Å². The quantitative estimate of drug-likeness (QED) is 0.871. The maximum absolute atomic E-state index is 6.00. The molecule has 20 heavy (non-hydrogen) atoms. The van der Waals surface area contributed by atoms with Gasteiger partial charge in [-0.1, -0.05) is 25.2 Å². The van der Waals surface area contributed by atoms with Crippen molar-refractivity contribution >= 4 is 17.2 Å². The number of pyridine rings is 1. The van der Waals surface area contributed by atoms with Crippen LogP contribution in [0, 0.1) is 13.8 Å². The van der Waals surface area contributed by atoms with Crippen LogP contribution >= 0.6 is 12.2 Å². The lowest BCUT2D eigenvalue weighted by Crippen LogP contribution is -2.11. The van der Waals surface area contributed by atoms with Crippen LogP contribution in [0.2, 0.25) is 0 Å². The normalized spacial score (nSPS) is 10.3. The van der Waals surface area contributed by atoms with Crippen LogP contribution in [0.5, 0.6) is 11.5 Å². The molecule has 0 aliphatic heterocycles. The fraction of sp³-hybridized carbons (Fsp3) is 0.250. The third kappa shape index (κ3) is 3.14. The molecular weight excluding hydrogens is 268 g/mol. The molecule has 4 heteroatoms. The summed E-state index contributed by atoms with van der Waals surface area (Å²) in [5.41, 5.74) is 9.50. The van der Waals surface area contributed by atoms with Crippen molar-refractivity contribution < 1.29 is 4.74 Å². The first-order valence-corrected chi connectivity index (χ1v) is 6.97. The summed E-state index contributed by atoms with van der Waals surface area (Å²) in [6.07, 6.45) is 0.811. The molecule has 2 aromatic rings. The summed E-state index contributed by atoms with van der Waals surface area (Å²) in [7, 11) is 0. The van der Waals surface area contributed by atoms with Crippen LogP contribution in [0.15, 0.2) is 30.3 Å². The van der Waals surface area contributed by atoms with Gasteiger partial charge in [-0.3, -0.25) is 4.98 Å². The minimum Gasteiger partial charge on any atom is -0.455 e. The predicted octanol–water partition coefficient (Wildman–Crippen LogP) is 3.69. The van der Waals surface area contributed by atoms with Crippen molar-refractivity contribution in [3.05, 3.63) is 52.8 Å². The minimum atomic E-state index is 0.332. The Labute approximate surface area is 124 Å². The Morgan fingerprint density at radius 1 is 1.20 bits per heavy atom. The van der Waals surface area contributed by atoms with Gasteiger partial charge in [0.05, 0.1) is 11.3 Å². The Balaban J connectivity index is 2.44. The highest BCUT2D eigenvalue weighted by Crippen LogP contribution is 2.29.